The molecule has 0 saturated carbocycles. The van der Waals surface area contributed by atoms with Gasteiger partial charge in [0.25, 0.3) is 0 Å². The number of carbonyl (C=O) groups excluding carboxylic acids is 3. The molecule has 1 saturated heterocycles. The summed E-state index contributed by atoms with van der Waals surface area (Å²) < 4.78 is 0. The molecular weight excluding hydrogens is 296 g/mol. The molecule has 2 rings (SSSR count). The lowest BCUT2D eigenvalue weighted by atomic mass is 10.2. The zero-order valence-electron chi connectivity index (χ0n) is 13.4. The van der Waals surface area contributed by atoms with Crippen LogP contribution in [0.5, 0.6) is 0 Å². The number of piperazine rings is 1. The molecule has 0 unspecified atom stereocenters. The van der Waals surface area contributed by atoms with Gasteiger partial charge in [-0.15, -0.1) is 0 Å². The molecule has 0 radical (unpaired) electrons. The molecule has 7 nitrogen and oxygen atoms in total. The van der Waals surface area contributed by atoms with Crippen LogP contribution in [0.25, 0.3) is 0 Å². The maximum Gasteiger partial charge on any atom is 0.224 e. The summed E-state index contributed by atoms with van der Waals surface area (Å²) in [7, 11) is 0. The Bertz CT molecular complexity index is 542. The van der Waals surface area contributed by atoms with E-state index in [2.05, 4.69) is 4.98 Å². The first kappa shape index (κ1) is 16.9. The zero-order chi connectivity index (χ0) is 16.7. The monoisotopic (exact) mass is 318 g/mol. The topological polar surface area (TPSA) is 73.8 Å². The van der Waals surface area contributed by atoms with Crippen molar-refractivity contribution in [2.75, 3.05) is 32.7 Å². The zero-order valence-corrected chi connectivity index (χ0v) is 13.4. The van der Waals surface area contributed by atoms with Crippen molar-refractivity contribution in [3.05, 3.63) is 30.1 Å². The summed E-state index contributed by atoms with van der Waals surface area (Å²) in [4.78, 5) is 43.9. The molecule has 1 aliphatic rings. The smallest absolute Gasteiger partial charge is 0.224 e. The van der Waals surface area contributed by atoms with Gasteiger partial charge >= 0.3 is 0 Å². The molecule has 0 aliphatic carbocycles. The lowest BCUT2D eigenvalue weighted by Crippen LogP contribution is -2.48. The SMILES string of the molecule is CC(=O)N(CCC(=O)N1CCN(C=O)CC1)Cc1ccccn1. The van der Waals surface area contributed by atoms with Crippen LogP contribution in [0, 0.1) is 0 Å². The molecule has 7 heteroatoms. The lowest BCUT2D eigenvalue weighted by Gasteiger charge is -2.33. The number of aromatic nitrogens is 1. The summed E-state index contributed by atoms with van der Waals surface area (Å²) in [5.74, 6) is -0.0583. The van der Waals surface area contributed by atoms with Gasteiger partial charge in [-0.05, 0) is 12.1 Å². The quantitative estimate of drug-likeness (QED) is 0.698. The Balaban J connectivity index is 1.83. The van der Waals surface area contributed by atoms with Crippen LogP contribution in [0.4, 0.5) is 0 Å². The van der Waals surface area contributed by atoms with Gasteiger partial charge in [0.15, 0.2) is 0 Å². The fourth-order valence-corrected chi connectivity index (χ4v) is 2.50. The van der Waals surface area contributed by atoms with E-state index >= 15 is 0 Å². The van der Waals surface area contributed by atoms with Crippen molar-refractivity contribution >= 4 is 18.2 Å². The highest BCUT2D eigenvalue weighted by molar-refractivity contribution is 5.78. The van der Waals surface area contributed by atoms with Gasteiger partial charge in [-0.2, -0.15) is 0 Å². The summed E-state index contributed by atoms with van der Waals surface area (Å²) in [6.45, 7) is 4.52. The normalized spacial score (nSPS) is 14.5. The second-order valence-electron chi connectivity index (χ2n) is 5.53. The van der Waals surface area contributed by atoms with Gasteiger partial charge in [0.1, 0.15) is 0 Å². The standard InChI is InChI=1S/C16H22N4O3/c1-14(22)20(12-15-4-2-3-6-17-15)7-5-16(23)19-10-8-18(13-21)9-11-19/h2-4,6,13H,5,7-12H2,1H3. The van der Waals surface area contributed by atoms with Crippen LogP contribution in [0.2, 0.25) is 0 Å². The molecular formula is C16H22N4O3. The van der Waals surface area contributed by atoms with Crippen molar-refractivity contribution in [1.82, 2.24) is 19.7 Å². The molecule has 0 aromatic carbocycles. The number of pyridine rings is 1. The van der Waals surface area contributed by atoms with Crippen molar-refractivity contribution in [1.29, 1.82) is 0 Å². The van der Waals surface area contributed by atoms with Crippen LogP contribution in [-0.2, 0) is 20.9 Å². The molecule has 0 spiro atoms. The van der Waals surface area contributed by atoms with Gasteiger partial charge in [0.05, 0.1) is 12.2 Å². The minimum absolute atomic E-state index is 0.0165. The van der Waals surface area contributed by atoms with E-state index in [4.69, 9.17) is 0 Å². The number of carbonyl (C=O) groups is 3. The molecule has 3 amide bonds. The minimum atomic E-state index is -0.0748. The highest BCUT2D eigenvalue weighted by Gasteiger charge is 2.21. The summed E-state index contributed by atoms with van der Waals surface area (Å²) in [6.07, 6.45) is 2.78. The third-order valence-corrected chi connectivity index (χ3v) is 3.94. The average molecular weight is 318 g/mol. The minimum Gasteiger partial charge on any atom is -0.342 e. The van der Waals surface area contributed by atoms with Gasteiger partial charge < -0.3 is 14.7 Å². The summed E-state index contributed by atoms with van der Waals surface area (Å²) in [6, 6.07) is 5.55. The first-order valence-corrected chi connectivity index (χ1v) is 7.72. The maximum atomic E-state index is 12.2. The number of hydrogen-bond donors (Lipinski definition) is 0. The third-order valence-electron chi connectivity index (χ3n) is 3.94. The van der Waals surface area contributed by atoms with Gasteiger partial charge in [0.2, 0.25) is 18.2 Å². The third kappa shape index (κ3) is 5.05. The molecule has 1 fully saturated rings. The molecule has 124 valence electrons. The highest BCUT2D eigenvalue weighted by atomic mass is 16.2. The molecule has 2 heterocycles. The van der Waals surface area contributed by atoms with Crippen molar-refractivity contribution < 1.29 is 14.4 Å². The Labute approximate surface area is 135 Å². The van der Waals surface area contributed by atoms with E-state index in [1.165, 1.54) is 6.92 Å². The van der Waals surface area contributed by atoms with Crippen molar-refractivity contribution in [3.8, 4) is 0 Å². The lowest BCUT2D eigenvalue weighted by molar-refractivity contribution is -0.136. The largest absolute Gasteiger partial charge is 0.342 e. The first-order chi connectivity index (χ1) is 11.1. The van der Waals surface area contributed by atoms with E-state index in [1.54, 1.807) is 20.9 Å². The van der Waals surface area contributed by atoms with Crippen LogP contribution in [-0.4, -0.2) is 70.6 Å². The Morgan fingerprint density at radius 1 is 1.26 bits per heavy atom. The number of nitrogens with zero attached hydrogens (tertiary/aromatic N) is 4. The fourth-order valence-electron chi connectivity index (χ4n) is 2.50. The Morgan fingerprint density at radius 3 is 2.57 bits per heavy atom. The van der Waals surface area contributed by atoms with E-state index in [-0.39, 0.29) is 18.2 Å². The molecule has 1 aromatic rings. The van der Waals surface area contributed by atoms with E-state index < -0.39 is 0 Å². The maximum absolute atomic E-state index is 12.2. The van der Waals surface area contributed by atoms with E-state index in [0.29, 0.717) is 39.3 Å². The average Bonchev–Trinajstić information content (AvgIpc) is 2.59. The molecule has 1 aliphatic heterocycles. The van der Waals surface area contributed by atoms with Crippen molar-refractivity contribution in [2.45, 2.75) is 19.9 Å². The van der Waals surface area contributed by atoms with Crippen molar-refractivity contribution in [2.24, 2.45) is 0 Å². The Morgan fingerprint density at radius 2 is 2.00 bits per heavy atom. The first-order valence-electron chi connectivity index (χ1n) is 7.72. The summed E-state index contributed by atoms with van der Waals surface area (Å²) in [5, 5.41) is 0. The van der Waals surface area contributed by atoms with Gasteiger partial charge in [-0.3, -0.25) is 19.4 Å². The Hall–Kier alpha value is -2.44. The second kappa shape index (κ2) is 8.26. The van der Waals surface area contributed by atoms with Gasteiger partial charge in [-0.1, -0.05) is 6.07 Å². The predicted molar refractivity (Wildman–Crippen MR) is 84.2 cm³/mol. The van der Waals surface area contributed by atoms with Gasteiger partial charge in [0, 0.05) is 52.3 Å². The highest BCUT2D eigenvalue weighted by Crippen LogP contribution is 2.06. The number of hydrogen-bond acceptors (Lipinski definition) is 4. The van der Waals surface area contributed by atoms with Crippen molar-refractivity contribution in [3.63, 3.8) is 0 Å². The molecule has 0 atom stereocenters. The van der Waals surface area contributed by atoms with Crippen LogP contribution in [0.3, 0.4) is 0 Å². The van der Waals surface area contributed by atoms with Crippen LogP contribution < -0.4 is 0 Å². The van der Waals surface area contributed by atoms with Crippen LogP contribution >= 0.6 is 0 Å². The number of amides is 3. The fraction of sp³-hybridized carbons (Fsp3) is 0.500. The number of rotatable bonds is 6. The summed E-state index contributed by atoms with van der Waals surface area (Å²) in [5.41, 5.74) is 0.801. The predicted octanol–water partition coefficient (Wildman–Crippen LogP) is 0.121. The van der Waals surface area contributed by atoms with Gasteiger partial charge in [-0.25, -0.2) is 0 Å². The molecule has 0 bridgehead atoms. The second-order valence-corrected chi connectivity index (χ2v) is 5.53. The van der Waals surface area contributed by atoms with E-state index in [1.807, 2.05) is 18.2 Å². The van der Waals surface area contributed by atoms with Crippen LogP contribution in [0.15, 0.2) is 24.4 Å². The molecule has 23 heavy (non-hydrogen) atoms. The van der Waals surface area contributed by atoms with E-state index in [9.17, 15) is 14.4 Å². The molecule has 0 N–H and O–H groups in total. The molecule has 1 aromatic heterocycles. The Kier molecular flexibility index (Phi) is 6.08. The van der Waals surface area contributed by atoms with Crippen LogP contribution in [0.1, 0.15) is 19.0 Å². The van der Waals surface area contributed by atoms with E-state index in [0.717, 1.165) is 12.1 Å². The summed E-state index contributed by atoms with van der Waals surface area (Å²) >= 11 is 0.